The fourth-order valence-electron chi connectivity index (χ4n) is 7.22. The topological polar surface area (TPSA) is 0 Å². The van der Waals surface area contributed by atoms with Crippen molar-refractivity contribution >= 4 is 0 Å². The molecular formula is C28H43-. The molecule has 0 spiro atoms. The fraction of sp³-hybridized carbons (Fsp3) is 0.750. The molecule has 0 bridgehead atoms. The third-order valence-corrected chi connectivity index (χ3v) is 8.50. The van der Waals surface area contributed by atoms with Gasteiger partial charge in [-0.3, -0.25) is 0 Å². The largest absolute Gasteiger partial charge is 0.198 e. The van der Waals surface area contributed by atoms with Crippen LogP contribution in [-0.4, -0.2) is 0 Å². The van der Waals surface area contributed by atoms with Gasteiger partial charge in [-0.1, -0.05) is 126 Å². The first-order valence-corrected chi connectivity index (χ1v) is 12.7. The van der Waals surface area contributed by atoms with Crippen molar-refractivity contribution in [1.82, 2.24) is 0 Å². The normalized spacial score (nSPS) is 23.2. The molecule has 3 aliphatic rings. The molecular weight excluding hydrogens is 336 g/mol. The summed E-state index contributed by atoms with van der Waals surface area (Å²) < 4.78 is 0. The Hall–Kier alpha value is -0.910. The molecule has 1 aromatic carbocycles. The lowest BCUT2D eigenvalue weighted by molar-refractivity contribution is 0.421. The van der Waals surface area contributed by atoms with E-state index in [-0.39, 0.29) is 0 Å². The van der Waals surface area contributed by atoms with Crippen molar-refractivity contribution in [2.24, 2.45) is 0 Å². The predicted octanol–water partition coefficient (Wildman–Crippen LogP) is 8.88. The van der Waals surface area contributed by atoms with Gasteiger partial charge in [0.15, 0.2) is 0 Å². The number of benzene rings is 1. The van der Waals surface area contributed by atoms with Crippen molar-refractivity contribution in [2.75, 3.05) is 0 Å². The Morgan fingerprint density at radius 1 is 0.607 bits per heavy atom. The van der Waals surface area contributed by atoms with Gasteiger partial charge in [0.05, 0.1) is 0 Å². The summed E-state index contributed by atoms with van der Waals surface area (Å²) >= 11 is 0. The predicted molar refractivity (Wildman–Crippen MR) is 122 cm³/mol. The van der Waals surface area contributed by atoms with Crippen molar-refractivity contribution in [2.45, 2.75) is 134 Å². The molecule has 1 aromatic rings. The molecule has 3 saturated carbocycles. The summed E-state index contributed by atoms with van der Waals surface area (Å²) in [5.41, 5.74) is 10.2. The van der Waals surface area contributed by atoms with E-state index < -0.39 is 0 Å². The lowest BCUT2D eigenvalue weighted by Crippen LogP contribution is -2.20. The zero-order valence-corrected chi connectivity index (χ0v) is 18.8. The summed E-state index contributed by atoms with van der Waals surface area (Å²) in [6, 6.07) is 0. The molecule has 3 fully saturated rings. The van der Waals surface area contributed by atoms with Crippen LogP contribution in [0.5, 0.6) is 0 Å². The minimum Gasteiger partial charge on any atom is -0.198 e. The van der Waals surface area contributed by atoms with E-state index >= 15 is 0 Å². The van der Waals surface area contributed by atoms with Gasteiger partial charge in [0, 0.05) is 0 Å². The highest BCUT2D eigenvalue weighted by Gasteiger charge is 2.27. The Bertz CT molecular complexity index is 604. The Labute approximate surface area is 174 Å². The standard InChI is InChI=1S/C28H43/c1-4-25-27(23-16-10-6-11-17-23)20(2)26(22-14-8-5-9-15-22)21(3)28(25)24-18-12-7-13-19-24/h22-24H,2,4-19H2,1,3H3/q-1. The van der Waals surface area contributed by atoms with Crippen LogP contribution < -0.4 is 0 Å². The molecule has 0 heteroatoms. The molecule has 0 saturated heterocycles. The molecule has 156 valence electrons. The third-order valence-electron chi connectivity index (χ3n) is 8.50. The van der Waals surface area contributed by atoms with Crippen LogP contribution in [0.4, 0.5) is 0 Å². The second-order valence-electron chi connectivity index (χ2n) is 10.2. The van der Waals surface area contributed by atoms with Crippen LogP contribution in [0.15, 0.2) is 0 Å². The minimum absolute atomic E-state index is 0.789. The maximum Gasteiger partial charge on any atom is -0.0177 e. The van der Waals surface area contributed by atoms with Gasteiger partial charge in [0.1, 0.15) is 0 Å². The molecule has 28 heavy (non-hydrogen) atoms. The van der Waals surface area contributed by atoms with Crippen LogP contribution >= 0.6 is 0 Å². The quantitative estimate of drug-likeness (QED) is 0.458. The third kappa shape index (κ3) is 3.90. The highest BCUT2D eigenvalue weighted by atomic mass is 14.4. The monoisotopic (exact) mass is 379 g/mol. The van der Waals surface area contributed by atoms with Gasteiger partial charge in [0.2, 0.25) is 0 Å². The van der Waals surface area contributed by atoms with Crippen molar-refractivity contribution in [3.05, 3.63) is 40.3 Å². The molecule has 0 nitrogen and oxygen atoms in total. The maximum atomic E-state index is 4.83. The minimum atomic E-state index is 0.789. The first kappa shape index (κ1) is 20.4. The van der Waals surface area contributed by atoms with E-state index in [0.29, 0.717) is 0 Å². The van der Waals surface area contributed by atoms with Crippen LogP contribution in [0.2, 0.25) is 0 Å². The highest BCUT2D eigenvalue weighted by molar-refractivity contribution is 5.57. The van der Waals surface area contributed by atoms with E-state index in [4.69, 9.17) is 6.92 Å². The average Bonchev–Trinajstić information content (AvgIpc) is 2.75. The Balaban J connectivity index is 1.87. The van der Waals surface area contributed by atoms with E-state index in [1.54, 1.807) is 22.3 Å². The van der Waals surface area contributed by atoms with Gasteiger partial charge in [-0.15, -0.1) is 11.1 Å². The van der Waals surface area contributed by atoms with Gasteiger partial charge >= 0.3 is 0 Å². The molecule has 0 atom stereocenters. The summed E-state index contributed by atoms with van der Waals surface area (Å²) in [6.07, 6.45) is 22.6. The zero-order valence-electron chi connectivity index (χ0n) is 18.8. The highest BCUT2D eigenvalue weighted by Crippen LogP contribution is 2.48. The molecule has 0 N–H and O–H groups in total. The van der Waals surface area contributed by atoms with Crippen molar-refractivity contribution in [1.29, 1.82) is 0 Å². The van der Waals surface area contributed by atoms with Crippen LogP contribution in [0.1, 0.15) is 154 Å². The summed E-state index contributed by atoms with van der Waals surface area (Å²) in [6.45, 7) is 9.74. The maximum absolute atomic E-state index is 4.83. The lowest BCUT2D eigenvalue weighted by atomic mass is 9.68. The summed E-state index contributed by atoms with van der Waals surface area (Å²) in [5, 5.41) is 0. The first-order valence-electron chi connectivity index (χ1n) is 12.7. The van der Waals surface area contributed by atoms with Gasteiger partial charge in [-0.2, -0.15) is 12.5 Å². The van der Waals surface area contributed by atoms with Gasteiger partial charge in [0.25, 0.3) is 0 Å². The Morgan fingerprint density at radius 2 is 1.00 bits per heavy atom. The molecule has 0 radical (unpaired) electrons. The fourth-order valence-corrected chi connectivity index (χ4v) is 7.22. The van der Waals surface area contributed by atoms with Crippen molar-refractivity contribution in [3.8, 4) is 0 Å². The van der Waals surface area contributed by atoms with E-state index in [1.807, 2.05) is 5.56 Å². The first-order chi connectivity index (χ1) is 13.7. The molecule has 0 aliphatic heterocycles. The van der Waals surface area contributed by atoms with Gasteiger partial charge < -0.3 is 0 Å². The zero-order chi connectivity index (χ0) is 19.5. The summed E-state index contributed by atoms with van der Waals surface area (Å²) in [5.74, 6) is 2.41. The van der Waals surface area contributed by atoms with Crippen LogP contribution in [0.3, 0.4) is 0 Å². The van der Waals surface area contributed by atoms with Crippen LogP contribution in [0, 0.1) is 13.8 Å². The Morgan fingerprint density at radius 3 is 1.43 bits per heavy atom. The number of hydrogen-bond acceptors (Lipinski definition) is 0. The Kier molecular flexibility index (Phi) is 6.74. The molecule has 0 unspecified atom stereocenters. The van der Waals surface area contributed by atoms with Crippen LogP contribution in [0.25, 0.3) is 0 Å². The van der Waals surface area contributed by atoms with Crippen LogP contribution in [-0.2, 0) is 6.42 Å². The molecule has 0 heterocycles. The summed E-state index contributed by atoms with van der Waals surface area (Å²) in [4.78, 5) is 0. The SMILES string of the molecule is [CH2-]c1c(C2CCCCC2)c(C)c(C2CCCCC2)c(CC)c1C1CCCCC1. The average molecular weight is 380 g/mol. The summed E-state index contributed by atoms with van der Waals surface area (Å²) in [7, 11) is 0. The van der Waals surface area contributed by atoms with Crippen molar-refractivity contribution in [3.63, 3.8) is 0 Å². The van der Waals surface area contributed by atoms with E-state index in [1.165, 1.54) is 108 Å². The number of hydrogen-bond donors (Lipinski definition) is 0. The molecule has 4 rings (SSSR count). The van der Waals surface area contributed by atoms with Gasteiger partial charge in [-0.05, 0) is 25.2 Å². The number of rotatable bonds is 4. The second-order valence-corrected chi connectivity index (χ2v) is 10.2. The van der Waals surface area contributed by atoms with E-state index in [2.05, 4.69) is 13.8 Å². The van der Waals surface area contributed by atoms with E-state index in [0.717, 1.165) is 17.8 Å². The molecule has 0 aromatic heterocycles. The molecule has 3 aliphatic carbocycles. The smallest absolute Gasteiger partial charge is 0.0177 e. The van der Waals surface area contributed by atoms with Gasteiger partial charge in [-0.25, -0.2) is 0 Å². The second kappa shape index (κ2) is 9.27. The van der Waals surface area contributed by atoms with Crippen molar-refractivity contribution < 1.29 is 0 Å². The van der Waals surface area contributed by atoms with E-state index in [9.17, 15) is 0 Å². The molecule has 0 amide bonds. The lowest BCUT2D eigenvalue weighted by Gasteiger charge is -2.42.